The maximum Gasteiger partial charge on any atom is 0.354 e. The molecule has 1 amide bonds. The molecule has 0 saturated carbocycles. The smallest absolute Gasteiger partial charge is 0.354 e. The lowest BCUT2D eigenvalue weighted by molar-refractivity contribution is -0.119. The van der Waals surface area contributed by atoms with Crippen molar-refractivity contribution in [1.29, 1.82) is 0 Å². The van der Waals surface area contributed by atoms with Gasteiger partial charge in [-0.25, -0.2) is 13.2 Å². The molecule has 8 nitrogen and oxygen atoms in total. The molecule has 1 aliphatic heterocycles. The summed E-state index contributed by atoms with van der Waals surface area (Å²) in [4.78, 5) is 24.6. The minimum absolute atomic E-state index is 0.0530. The lowest BCUT2D eigenvalue weighted by Crippen LogP contribution is -2.43. The Morgan fingerprint density at radius 2 is 2.00 bits per heavy atom. The fraction of sp³-hybridized carbons (Fsp3) is 0.368. The summed E-state index contributed by atoms with van der Waals surface area (Å²) >= 11 is 5.94. The van der Waals surface area contributed by atoms with Gasteiger partial charge >= 0.3 is 5.97 Å². The van der Waals surface area contributed by atoms with Gasteiger partial charge in [-0.2, -0.15) is 4.31 Å². The largest absolute Gasteiger partial charge is 0.464 e. The van der Waals surface area contributed by atoms with Crippen molar-refractivity contribution in [2.45, 2.75) is 30.7 Å². The second kappa shape index (κ2) is 8.17. The molecule has 1 fully saturated rings. The number of carbonyl (C=O) groups is 2. The second-order valence-corrected chi connectivity index (χ2v) is 9.21. The number of amides is 1. The summed E-state index contributed by atoms with van der Waals surface area (Å²) < 4.78 is 33.6. The van der Waals surface area contributed by atoms with Crippen molar-refractivity contribution in [3.8, 4) is 0 Å². The fourth-order valence-electron chi connectivity index (χ4n) is 3.39. The van der Waals surface area contributed by atoms with Crippen LogP contribution in [0.15, 0.2) is 35.4 Å². The van der Waals surface area contributed by atoms with Gasteiger partial charge in [-0.3, -0.25) is 4.79 Å². The molecule has 3 rings (SSSR count). The molecule has 0 aliphatic carbocycles. The minimum Gasteiger partial charge on any atom is -0.464 e. The van der Waals surface area contributed by atoms with Crippen LogP contribution in [-0.4, -0.2) is 48.9 Å². The Labute approximate surface area is 174 Å². The molecule has 1 saturated heterocycles. The molecular formula is C19H22ClN3O5S. The maximum absolute atomic E-state index is 13.2. The molecule has 0 spiro atoms. The molecule has 2 aromatic rings. The summed E-state index contributed by atoms with van der Waals surface area (Å²) in [5, 5.41) is 3.35. The molecule has 1 aromatic heterocycles. The van der Waals surface area contributed by atoms with E-state index >= 15 is 0 Å². The molecule has 0 unspecified atom stereocenters. The van der Waals surface area contributed by atoms with Crippen LogP contribution in [0, 0.1) is 6.92 Å². The van der Waals surface area contributed by atoms with E-state index in [2.05, 4.69) is 10.1 Å². The van der Waals surface area contributed by atoms with Crippen LogP contribution in [0.3, 0.4) is 0 Å². The third kappa shape index (κ3) is 4.17. The third-order valence-corrected chi connectivity index (χ3v) is 7.04. The van der Waals surface area contributed by atoms with Crippen molar-refractivity contribution in [1.82, 2.24) is 8.87 Å². The summed E-state index contributed by atoms with van der Waals surface area (Å²) in [5.74, 6) is -1.04. The Bertz CT molecular complexity index is 1060. The molecule has 1 atom stereocenters. The van der Waals surface area contributed by atoms with E-state index in [1.807, 2.05) is 6.92 Å². The van der Waals surface area contributed by atoms with Gasteiger partial charge in [0.15, 0.2) is 0 Å². The number of halogens is 1. The van der Waals surface area contributed by atoms with Gasteiger partial charge in [-0.15, -0.1) is 0 Å². The number of hydrogen-bond acceptors (Lipinski definition) is 5. The second-order valence-electron chi connectivity index (χ2n) is 6.89. The first kappa shape index (κ1) is 21.4. The lowest BCUT2D eigenvalue weighted by atomic mass is 10.1. The number of ether oxygens (including phenoxy) is 1. The molecule has 2 heterocycles. The van der Waals surface area contributed by atoms with Crippen LogP contribution in [0.1, 0.15) is 28.9 Å². The SMILES string of the molecule is COC(=O)c1cc(S(=O)(=O)N2CCC[C@H]2C(=O)Nc2ccc(Cl)cc2C)cn1C. The van der Waals surface area contributed by atoms with Crippen LogP contribution < -0.4 is 5.32 Å². The highest BCUT2D eigenvalue weighted by atomic mass is 35.5. The predicted octanol–water partition coefficient (Wildman–Crippen LogP) is 2.57. The molecule has 29 heavy (non-hydrogen) atoms. The van der Waals surface area contributed by atoms with Crippen molar-refractivity contribution < 1.29 is 22.7 Å². The van der Waals surface area contributed by atoms with Crippen LogP contribution in [0.4, 0.5) is 5.69 Å². The van der Waals surface area contributed by atoms with Gasteiger partial charge in [-0.05, 0) is 49.6 Å². The van der Waals surface area contributed by atoms with Crippen LogP contribution in [0.25, 0.3) is 0 Å². The zero-order valence-electron chi connectivity index (χ0n) is 16.3. The highest BCUT2D eigenvalue weighted by Crippen LogP contribution is 2.29. The summed E-state index contributed by atoms with van der Waals surface area (Å²) in [6.45, 7) is 2.03. The molecule has 156 valence electrons. The average Bonchev–Trinajstić information content (AvgIpc) is 3.31. The van der Waals surface area contributed by atoms with Gasteiger partial charge in [0, 0.05) is 30.5 Å². The first-order valence-corrected chi connectivity index (χ1v) is 10.8. The van der Waals surface area contributed by atoms with Gasteiger partial charge in [0.1, 0.15) is 16.6 Å². The topological polar surface area (TPSA) is 97.7 Å². The number of nitrogens with zero attached hydrogens (tertiary/aromatic N) is 2. The van der Waals surface area contributed by atoms with Crippen molar-refractivity contribution in [2.75, 3.05) is 19.0 Å². The van der Waals surface area contributed by atoms with Crippen molar-refractivity contribution >= 4 is 39.2 Å². The van der Waals surface area contributed by atoms with Crippen molar-refractivity contribution in [3.63, 3.8) is 0 Å². The Morgan fingerprint density at radius 1 is 1.28 bits per heavy atom. The first-order chi connectivity index (χ1) is 13.6. The van der Waals surface area contributed by atoms with E-state index in [1.165, 1.54) is 28.2 Å². The molecule has 0 bridgehead atoms. The minimum atomic E-state index is -3.96. The van der Waals surface area contributed by atoms with Gasteiger partial charge in [-0.1, -0.05) is 11.6 Å². The van der Waals surface area contributed by atoms with E-state index < -0.39 is 27.9 Å². The van der Waals surface area contributed by atoms with Crippen molar-refractivity contribution in [3.05, 3.63) is 46.7 Å². The Kier molecular flexibility index (Phi) is 6.02. The zero-order valence-corrected chi connectivity index (χ0v) is 17.9. The molecule has 0 radical (unpaired) electrons. The van der Waals surface area contributed by atoms with Crippen LogP contribution in [-0.2, 0) is 26.6 Å². The number of carbonyl (C=O) groups excluding carboxylic acids is 2. The van der Waals surface area contributed by atoms with Gasteiger partial charge < -0.3 is 14.6 Å². The number of methoxy groups -OCH3 is 1. The van der Waals surface area contributed by atoms with E-state index in [1.54, 1.807) is 25.2 Å². The number of benzene rings is 1. The van der Waals surface area contributed by atoms with E-state index in [4.69, 9.17) is 11.6 Å². The Balaban J connectivity index is 1.85. The van der Waals surface area contributed by atoms with Crippen LogP contribution >= 0.6 is 11.6 Å². The monoisotopic (exact) mass is 439 g/mol. The normalized spacial score (nSPS) is 17.3. The quantitative estimate of drug-likeness (QED) is 0.722. The maximum atomic E-state index is 13.2. The fourth-order valence-corrected chi connectivity index (χ4v) is 5.35. The van der Waals surface area contributed by atoms with Gasteiger partial charge in [0.25, 0.3) is 0 Å². The molecule has 1 aliphatic rings. The Morgan fingerprint density at radius 3 is 2.66 bits per heavy atom. The summed E-state index contributed by atoms with van der Waals surface area (Å²) in [6, 6.07) is 5.49. The zero-order chi connectivity index (χ0) is 21.3. The van der Waals surface area contributed by atoms with Crippen LogP contribution in [0.2, 0.25) is 5.02 Å². The van der Waals surface area contributed by atoms with Gasteiger partial charge in [0.05, 0.1) is 7.11 Å². The Hall–Kier alpha value is -2.36. The highest BCUT2D eigenvalue weighted by Gasteiger charge is 2.40. The van der Waals surface area contributed by atoms with E-state index in [9.17, 15) is 18.0 Å². The average molecular weight is 440 g/mol. The third-order valence-electron chi connectivity index (χ3n) is 4.93. The molecular weight excluding hydrogens is 418 g/mol. The molecule has 1 aromatic carbocycles. The molecule has 10 heteroatoms. The van der Waals surface area contributed by atoms with Gasteiger partial charge in [0.2, 0.25) is 15.9 Å². The number of esters is 1. The van der Waals surface area contributed by atoms with E-state index in [-0.39, 0.29) is 17.1 Å². The van der Waals surface area contributed by atoms with E-state index in [0.29, 0.717) is 23.6 Å². The first-order valence-electron chi connectivity index (χ1n) is 8.98. The number of anilines is 1. The number of sulfonamides is 1. The highest BCUT2D eigenvalue weighted by molar-refractivity contribution is 7.89. The van der Waals surface area contributed by atoms with Crippen molar-refractivity contribution in [2.24, 2.45) is 7.05 Å². The number of nitrogens with one attached hydrogen (secondary N) is 1. The standard InChI is InChI=1S/C19H22ClN3O5S/c1-12-9-13(20)6-7-15(12)21-18(24)16-5-4-8-23(16)29(26,27)14-10-17(19(25)28-3)22(2)11-14/h6-7,9-11,16H,4-5,8H2,1-3H3,(H,21,24)/t16-/m0/s1. The lowest BCUT2D eigenvalue weighted by Gasteiger charge is -2.23. The van der Waals surface area contributed by atoms with Crippen LogP contribution in [0.5, 0.6) is 0 Å². The summed E-state index contributed by atoms with van der Waals surface area (Å²) in [5.41, 5.74) is 1.48. The predicted molar refractivity (Wildman–Crippen MR) is 108 cm³/mol. The number of aromatic nitrogens is 1. The summed E-state index contributed by atoms with van der Waals surface area (Å²) in [6.07, 6.45) is 2.32. The van der Waals surface area contributed by atoms with E-state index in [0.717, 1.165) is 5.56 Å². The number of rotatable bonds is 5. The summed E-state index contributed by atoms with van der Waals surface area (Å²) in [7, 11) is -1.18. The number of aryl methyl sites for hydroxylation is 2. The number of hydrogen-bond donors (Lipinski definition) is 1. The molecule has 1 N–H and O–H groups in total.